The highest BCUT2D eigenvalue weighted by molar-refractivity contribution is 6.31. The largest absolute Gasteiger partial charge is 0.629 e. The van der Waals surface area contributed by atoms with Crippen LogP contribution in [0, 0.1) is 22.5 Å². The number of methoxy groups -OCH3 is 1. The van der Waals surface area contributed by atoms with Gasteiger partial charge in [0.1, 0.15) is 24.0 Å². The molecular weight excluding hydrogens is 476 g/mol. The van der Waals surface area contributed by atoms with Gasteiger partial charge in [-0.25, -0.2) is 0 Å². The van der Waals surface area contributed by atoms with E-state index in [4.69, 9.17) is 21.4 Å². The van der Waals surface area contributed by atoms with Gasteiger partial charge in [-0.05, 0) is 54.7 Å². The van der Waals surface area contributed by atoms with Crippen LogP contribution in [0.4, 0.5) is 0 Å². The SMILES string of the molecule is COC1=C[NH+]([O-])C(CC2CC2)c2nn(Cc3ccnc4ccc(Cl)cc34)c(-c3cc(C#N)cn3C)c21. The van der Waals surface area contributed by atoms with Crippen LogP contribution in [0.2, 0.25) is 5.02 Å². The Morgan fingerprint density at radius 2 is 2.11 bits per heavy atom. The van der Waals surface area contributed by atoms with E-state index in [9.17, 15) is 10.5 Å². The molecule has 0 radical (unpaired) electrons. The van der Waals surface area contributed by atoms with Crippen LogP contribution in [0.1, 0.15) is 47.7 Å². The van der Waals surface area contributed by atoms with Gasteiger partial charge >= 0.3 is 0 Å². The van der Waals surface area contributed by atoms with Gasteiger partial charge < -0.3 is 19.6 Å². The molecule has 0 saturated heterocycles. The molecule has 3 aromatic heterocycles. The van der Waals surface area contributed by atoms with Crippen LogP contribution in [0.25, 0.3) is 28.0 Å². The molecular formula is C27H25ClN6O2. The molecule has 6 rings (SSSR count). The molecule has 0 amide bonds. The zero-order chi connectivity index (χ0) is 25.0. The molecule has 0 spiro atoms. The third-order valence-corrected chi connectivity index (χ3v) is 7.38. The lowest BCUT2D eigenvalue weighted by molar-refractivity contribution is -0.830. The normalized spacial score (nSPS) is 19.1. The minimum atomic E-state index is -0.300. The summed E-state index contributed by atoms with van der Waals surface area (Å²) in [6.45, 7) is 0.441. The van der Waals surface area contributed by atoms with Crippen LogP contribution in [0.5, 0.6) is 0 Å². The van der Waals surface area contributed by atoms with Crippen molar-refractivity contribution in [2.75, 3.05) is 7.11 Å². The maximum absolute atomic E-state index is 13.2. The molecule has 8 nitrogen and oxygen atoms in total. The van der Waals surface area contributed by atoms with Gasteiger partial charge in [0.05, 0.1) is 41.7 Å². The summed E-state index contributed by atoms with van der Waals surface area (Å²) in [7, 11) is 3.49. The Bertz CT molecular complexity index is 1560. The van der Waals surface area contributed by atoms with E-state index in [1.54, 1.807) is 25.7 Å². The predicted molar refractivity (Wildman–Crippen MR) is 137 cm³/mol. The van der Waals surface area contributed by atoms with Gasteiger partial charge in [-0.2, -0.15) is 10.4 Å². The van der Waals surface area contributed by atoms with E-state index in [2.05, 4.69) is 11.1 Å². The molecule has 1 aliphatic carbocycles. The summed E-state index contributed by atoms with van der Waals surface area (Å²) in [5, 5.41) is 29.4. The standard InChI is InChI=1S/C27H25ClN6O2/c1-32-13-17(12-29)10-23(32)27-25-24(36-2)15-34(35)22(9-16-3-4-16)26(25)31-33(27)14-18-7-8-30-21-6-5-19(28)11-20(18)21/h5-8,10-11,13,15-16,22,34H,3-4,9,14H2,1-2H3. The third kappa shape index (κ3) is 3.86. The number of aryl methyl sites for hydroxylation is 1. The van der Waals surface area contributed by atoms with Crippen molar-refractivity contribution in [2.24, 2.45) is 13.0 Å². The Hall–Kier alpha value is -3.64. The van der Waals surface area contributed by atoms with Crippen LogP contribution < -0.4 is 5.06 Å². The fraction of sp³-hybridized carbons (Fsp3) is 0.296. The fourth-order valence-corrected chi connectivity index (χ4v) is 5.36. The molecule has 2 unspecified atom stereocenters. The molecule has 1 N–H and O–H groups in total. The summed E-state index contributed by atoms with van der Waals surface area (Å²) in [6.07, 6.45) is 8.29. The Labute approximate surface area is 213 Å². The van der Waals surface area contributed by atoms with Crippen molar-refractivity contribution >= 4 is 28.3 Å². The topological polar surface area (TPSA) is 96.2 Å². The smallest absolute Gasteiger partial charge is 0.183 e. The Morgan fingerprint density at radius 1 is 1.28 bits per heavy atom. The van der Waals surface area contributed by atoms with Gasteiger partial charge in [0.2, 0.25) is 0 Å². The number of aromatic nitrogens is 4. The highest BCUT2D eigenvalue weighted by Crippen LogP contribution is 2.42. The van der Waals surface area contributed by atoms with Crippen LogP contribution in [0.3, 0.4) is 0 Å². The number of hydrogen-bond donors (Lipinski definition) is 1. The van der Waals surface area contributed by atoms with Crippen molar-refractivity contribution in [3.63, 3.8) is 0 Å². The van der Waals surface area contributed by atoms with Crippen LogP contribution in [-0.4, -0.2) is 26.4 Å². The minimum Gasteiger partial charge on any atom is -0.629 e. The van der Waals surface area contributed by atoms with Crippen LogP contribution in [-0.2, 0) is 18.3 Å². The van der Waals surface area contributed by atoms with E-state index in [0.29, 0.717) is 28.8 Å². The Morgan fingerprint density at radius 3 is 2.83 bits per heavy atom. The molecule has 2 aliphatic rings. The zero-order valence-corrected chi connectivity index (χ0v) is 20.8. The summed E-state index contributed by atoms with van der Waals surface area (Å²) in [5.74, 6) is 1.06. The van der Waals surface area contributed by atoms with E-state index >= 15 is 0 Å². The van der Waals surface area contributed by atoms with Gasteiger partial charge in [0, 0.05) is 36.3 Å². The minimum absolute atomic E-state index is 0.0354. The first-order chi connectivity index (χ1) is 17.5. The Kier molecular flexibility index (Phi) is 5.56. The summed E-state index contributed by atoms with van der Waals surface area (Å²) in [5.41, 5.74) is 5.63. The maximum Gasteiger partial charge on any atom is 0.183 e. The average Bonchev–Trinajstić information content (AvgIpc) is 3.51. The summed E-state index contributed by atoms with van der Waals surface area (Å²) >= 11 is 6.32. The number of fused-ring (bicyclic) bond motifs is 2. The van der Waals surface area contributed by atoms with Crippen molar-refractivity contribution in [1.82, 2.24) is 19.3 Å². The number of rotatable bonds is 6. The fourth-order valence-electron chi connectivity index (χ4n) is 5.19. The van der Waals surface area contributed by atoms with Crippen molar-refractivity contribution in [1.29, 1.82) is 5.26 Å². The highest BCUT2D eigenvalue weighted by Gasteiger charge is 2.39. The summed E-state index contributed by atoms with van der Waals surface area (Å²) in [6, 6.07) is 11.4. The quantitative estimate of drug-likeness (QED) is 0.400. The lowest BCUT2D eigenvalue weighted by atomic mass is 9.96. The van der Waals surface area contributed by atoms with Crippen molar-refractivity contribution in [3.8, 4) is 17.5 Å². The highest BCUT2D eigenvalue weighted by atomic mass is 35.5. The number of ether oxygens (including phenoxy) is 1. The molecule has 4 heterocycles. The molecule has 2 atom stereocenters. The van der Waals surface area contributed by atoms with E-state index in [0.717, 1.165) is 58.4 Å². The van der Waals surface area contributed by atoms with Crippen molar-refractivity contribution in [3.05, 3.63) is 81.5 Å². The van der Waals surface area contributed by atoms with Gasteiger partial charge in [-0.3, -0.25) is 9.67 Å². The van der Waals surface area contributed by atoms with E-state index < -0.39 is 0 Å². The second kappa shape index (κ2) is 8.79. The van der Waals surface area contributed by atoms with E-state index in [1.165, 1.54) is 0 Å². The molecule has 1 aliphatic heterocycles. The van der Waals surface area contributed by atoms with Gasteiger partial charge in [-0.1, -0.05) is 11.6 Å². The lowest BCUT2D eigenvalue weighted by Crippen LogP contribution is -3.03. The second-order valence-corrected chi connectivity index (χ2v) is 10.0. The van der Waals surface area contributed by atoms with Gasteiger partial charge in [0.25, 0.3) is 0 Å². The van der Waals surface area contributed by atoms with E-state index in [1.807, 2.05) is 46.6 Å². The van der Waals surface area contributed by atoms with Crippen LogP contribution in [0.15, 0.2) is 48.9 Å². The number of nitrogens with one attached hydrogen (secondary N) is 1. The first-order valence-corrected chi connectivity index (χ1v) is 12.3. The number of pyridine rings is 1. The monoisotopic (exact) mass is 500 g/mol. The summed E-state index contributed by atoms with van der Waals surface area (Å²) in [4.78, 5) is 4.48. The average molecular weight is 501 g/mol. The maximum atomic E-state index is 13.2. The molecule has 36 heavy (non-hydrogen) atoms. The number of nitrogens with zero attached hydrogens (tertiary/aromatic N) is 5. The van der Waals surface area contributed by atoms with Gasteiger partial charge in [0.15, 0.2) is 5.76 Å². The number of hydroxylamine groups is 2. The molecule has 0 bridgehead atoms. The first kappa shape index (κ1) is 22.8. The first-order valence-electron chi connectivity index (χ1n) is 12.0. The number of hydrogen-bond acceptors (Lipinski definition) is 5. The molecule has 9 heteroatoms. The molecule has 1 fully saturated rings. The number of benzene rings is 1. The number of quaternary nitrogens is 1. The van der Waals surface area contributed by atoms with Crippen molar-refractivity contribution < 1.29 is 9.80 Å². The Balaban J connectivity index is 1.58. The van der Waals surface area contributed by atoms with Crippen molar-refractivity contribution in [2.45, 2.75) is 31.8 Å². The summed E-state index contributed by atoms with van der Waals surface area (Å²) < 4.78 is 9.58. The van der Waals surface area contributed by atoms with Gasteiger partial charge in [-0.15, -0.1) is 0 Å². The molecule has 4 aromatic rings. The van der Waals surface area contributed by atoms with Crippen LogP contribution >= 0.6 is 11.6 Å². The third-order valence-electron chi connectivity index (χ3n) is 7.15. The zero-order valence-electron chi connectivity index (χ0n) is 20.0. The number of nitriles is 1. The molecule has 1 aromatic carbocycles. The molecule has 1 saturated carbocycles. The molecule has 182 valence electrons. The predicted octanol–water partition coefficient (Wildman–Crippen LogP) is 4.19. The number of halogens is 1. The second-order valence-electron chi connectivity index (χ2n) is 9.58. The lowest BCUT2D eigenvalue weighted by Gasteiger charge is -2.31. The van der Waals surface area contributed by atoms with E-state index in [-0.39, 0.29) is 11.1 Å².